The summed E-state index contributed by atoms with van der Waals surface area (Å²) in [5, 5.41) is 12.7. The van der Waals surface area contributed by atoms with Gasteiger partial charge in [0.15, 0.2) is 5.69 Å². The van der Waals surface area contributed by atoms with Gasteiger partial charge in [0.1, 0.15) is 12.4 Å². The fourth-order valence-corrected chi connectivity index (χ4v) is 5.21. The molecule has 0 unspecified atom stereocenters. The van der Waals surface area contributed by atoms with Gasteiger partial charge >= 0.3 is 12.1 Å². The Kier molecular flexibility index (Phi) is 9.07. The number of fused-ring (bicyclic) bond motifs is 1. The van der Waals surface area contributed by atoms with Crippen LogP contribution in [0, 0.1) is 5.92 Å². The van der Waals surface area contributed by atoms with E-state index in [1.807, 2.05) is 6.92 Å². The SMILES string of the molecule is CCc1cc(Oc2nccn3c(-c4cn(CC5CCCC5)nc4C(F)(F)F)cnc23)ccc1C(=O)OCCOCCO. The summed E-state index contributed by atoms with van der Waals surface area (Å²) >= 11 is 0. The van der Waals surface area contributed by atoms with E-state index in [9.17, 15) is 18.0 Å². The summed E-state index contributed by atoms with van der Waals surface area (Å²) in [6.07, 6.45) is 5.77. The van der Waals surface area contributed by atoms with Gasteiger partial charge in [-0.1, -0.05) is 19.8 Å². The number of nitrogens with zero attached hydrogens (tertiary/aromatic N) is 5. The standard InChI is InChI=1S/C29H32F3N5O5/c1-2-20-15-21(7-8-22(20)28(39)41-14-13-40-12-11-38)42-27-26-34-16-24(37(26)10-9-33-27)23-18-36(17-19-5-3-4-6-19)35-25(23)29(30,31)32/h7-10,15-16,18-19,38H,2-6,11-14,17H2,1H3. The van der Waals surface area contributed by atoms with E-state index >= 15 is 0 Å². The lowest BCUT2D eigenvalue weighted by Crippen LogP contribution is -2.13. The summed E-state index contributed by atoms with van der Waals surface area (Å²) in [6.45, 7) is 2.59. The highest BCUT2D eigenvalue weighted by Gasteiger charge is 2.38. The Morgan fingerprint density at radius 3 is 2.69 bits per heavy atom. The lowest BCUT2D eigenvalue weighted by atomic mass is 10.1. The molecule has 0 saturated heterocycles. The molecular weight excluding hydrogens is 555 g/mol. The smallest absolute Gasteiger partial charge is 0.435 e. The monoisotopic (exact) mass is 587 g/mol. The van der Waals surface area contributed by atoms with Gasteiger partial charge < -0.3 is 19.3 Å². The number of rotatable bonds is 12. The van der Waals surface area contributed by atoms with Crippen LogP contribution < -0.4 is 4.74 Å². The average molecular weight is 588 g/mol. The number of ether oxygens (including phenoxy) is 3. The summed E-state index contributed by atoms with van der Waals surface area (Å²) in [6, 6.07) is 4.85. The van der Waals surface area contributed by atoms with E-state index in [-0.39, 0.29) is 49.2 Å². The van der Waals surface area contributed by atoms with Gasteiger partial charge in [0.05, 0.1) is 42.8 Å². The van der Waals surface area contributed by atoms with E-state index in [0.29, 0.717) is 35.8 Å². The topological polar surface area (TPSA) is 113 Å². The molecule has 1 aliphatic rings. The molecule has 13 heteroatoms. The Morgan fingerprint density at radius 1 is 1.14 bits per heavy atom. The molecule has 3 heterocycles. The molecule has 1 N–H and O–H groups in total. The molecule has 224 valence electrons. The third-order valence-electron chi connectivity index (χ3n) is 7.21. The minimum absolute atomic E-state index is 0.0455. The zero-order chi connectivity index (χ0) is 29.7. The molecule has 0 amide bonds. The number of hydrogen-bond acceptors (Lipinski definition) is 8. The van der Waals surface area contributed by atoms with Gasteiger partial charge in [-0.05, 0) is 48.9 Å². The van der Waals surface area contributed by atoms with Gasteiger partial charge in [0.2, 0.25) is 5.65 Å². The van der Waals surface area contributed by atoms with Crippen LogP contribution in [0.15, 0.2) is 43.0 Å². The molecule has 4 aromatic rings. The number of aliphatic hydroxyl groups is 1. The normalized spacial score (nSPS) is 14.1. The van der Waals surface area contributed by atoms with Crippen molar-refractivity contribution in [3.05, 3.63) is 59.8 Å². The first kappa shape index (κ1) is 29.5. The molecule has 1 fully saturated rings. The number of benzene rings is 1. The highest BCUT2D eigenvalue weighted by molar-refractivity contribution is 5.91. The lowest BCUT2D eigenvalue weighted by Gasteiger charge is -2.12. The van der Waals surface area contributed by atoms with Crippen molar-refractivity contribution >= 4 is 11.6 Å². The van der Waals surface area contributed by atoms with E-state index < -0.39 is 17.8 Å². The molecule has 0 radical (unpaired) electrons. The molecule has 1 aliphatic carbocycles. The second-order valence-electron chi connectivity index (χ2n) is 10.1. The zero-order valence-electron chi connectivity index (χ0n) is 23.1. The molecule has 5 rings (SSSR count). The van der Waals surface area contributed by atoms with Crippen LogP contribution in [0.5, 0.6) is 11.6 Å². The van der Waals surface area contributed by atoms with Crippen molar-refractivity contribution in [3.63, 3.8) is 0 Å². The lowest BCUT2D eigenvalue weighted by molar-refractivity contribution is -0.141. The second-order valence-corrected chi connectivity index (χ2v) is 10.1. The van der Waals surface area contributed by atoms with Crippen LogP contribution >= 0.6 is 0 Å². The molecule has 3 aromatic heterocycles. The molecule has 0 aliphatic heterocycles. The molecule has 0 spiro atoms. The van der Waals surface area contributed by atoms with Gasteiger partial charge in [0, 0.05) is 25.1 Å². The number of hydrogen-bond donors (Lipinski definition) is 1. The first-order chi connectivity index (χ1) is 20.3. The van der Waals surface area contributed by atoms with Gasteiger partial charge in [-0.2, -0.15) is 18.3 Å². The number of esters is 1. The van der Waals surface area contributed by atoms with Crippen LogP contribution in [0.1, 0.15) is 54.2 Å². The fraction of sp³-hybridized carbons (Fsp3) is 0.448. The number of aromatic nitrogens is 5. The van der Waals surface area contributed by atoms with Crippen molar-refractivity contribution in [2.24, 2.45) is 5.92 Å². The maximum Gasteiger partial charge on any atom is 0.435 e. The van der Waals surface area contributed by atoms with Gasteiger partial charge in [0.25, 0.3) is 5.88 Å². The second kappa shape index (κ2) is 12.9. The predicted octanol–water partition coefficient (Wildman–Crippen LogP) is 5.32. The van der Waals surface area contributed by atoms with Crippen molar-refractivity contribution in [2.45, 2.75) is 51.7 Å². The van der Waals surface area contributed by atoms with Crippen LogP contribution in [-0.2, 0) is 28.6 Å². The van der Waals surface area contributed by atoms with Gasteiger partial charge in [-0.25, -0.2) is 14.8 Å². The minimum atomic E-state index is -4.64. The largest absolute Gasteiger partial charge is 0.460 e. The average Bonchev–Trinajstić information content (AvgIpc) is 3.73. The highest BCUT2D eigenvalue weighted by Crippen LogP contribution is 2.38. The van der Waals surface area contributed by atoms with Crippen molar-refractivity contribution in [1.82, 2.24) is 24.1 Å². The Morgan fingerprint density at radius 2 is 1.95 bits per heavy atom. The van der Waals surface area contributed by atoms with Crippen LogP contribution in [0.3, 0.4) is 0 Å². The molecule has 0 bridgehead atoms. The number of carbonyl (C=O) groups is 1. The van der Waals surface area contributed by atoms with Gasteiger partial charge in [-0.3, -0.25) is 9.08 Å². The Balaban J connectivity index is 1.39. The summed E-state index contributed by atoms with van der Waals surface area (Å²) in [7, 11) is 0. The minimum Gasteiger partial charge on any atom is -0.460 e. The van der Waals surface area contributed by atoms with Crippen molar-refractivity contribution in [3.8, 4) is 22.9 Å². The number of aryl methyl sites for hydroxylation is 1. The van der Waals surface area contributed by atoms with Crippen molar-refractivity contribution in [1.29, 1.82) is 0 Å². The molecule has 0 atom stereocenters. The molecule has 42 heavy (non-hydrogen) atoms. The summed E-state index contributed by atoms with van der Waals surface area (Å²) in [5.41, 5.74) is 0.468. The maximum atomic E-state index is 14.0. The Bertz CT molecular complexity index is 1530. The van der Waals surface area contributed by atoms with E-state index in [2.05, 4.69) is 15.1 Å². The molecular formula is C29H32F3N5O5. The van der Waals surface area contributed by atoms with Crippen molar-refractivity contribution in [2.75, 3.05) is 26.4 Å². The number of alkyl halides is 3. The van der Waals surface area contributed by atoms with Crippen LogP contribution in [0.25, 0.3) is 16.9 Å². The zero-order valence-corrected chi connectivity index (χ0v) is 23.1. The number of aliphatic hydroxyl groups excluding tert-OH is 1. The van der Waals surface area contributed by atoms with E-state index in [1.165, 1.54) is 33.9 Å². The van der Waals surface area contributed by atoms with E-state index in [4.69, 9.17) is 19.3 Å². The van der Waals surface area contributed by atoms with Crippen LogP contribution in [0.4, 0.5) is 13.2 Å². The van der Waals surface area contributed by atoms with Crippen LogP contribution in [0.2, 0.25) is 0 Å². The van der Waals surface area contributed by atoms with Crippen LogP contribution in [-0.4, -0.2) is 61.7 Å². The van der Waals surface area contributed by atoms with E-state index in [0.717, 1.165) is 25.7 Å². The first-order valence-electron chi connectivity index (χ1n) is 13.9. The number of carbonyl (C=O) groups excluding carboxylic acids is 1. The summed E-state index contributed by atoms with van der Waals surface area (Å²) < 4.78 is 61.3. The van der Waals surface area contributed by atoms with E-state index in [1.54, 1.807) is 18.2 Å². The quantitative estimate of drug-likeness (QED) is 0.175. The number of halogens is 3. The molecule has 1 saturated carbocycles. The van der Waals surface area contributed by atoms with Crippen molar-refractivity contribution < 1.29 is 37.3 Å². The summed E-state index contributed by atoms with van der Waals surface area (Å²) in [4.78, 5) is 21.2. The third kappa shape index (κ3) is 6.57. The third-order valence-corrected chi connectivity index (χ3v) is 7.21. The van der Waals surface area contributed by atoms with Gasteiger partial charge in [-0.15, -0.1) is 0 Å². The fourth-order valence-electron chi connectivity index (χ4n) is 5.21. The predicted molar refractivity (Wildman–Crippen MR) is 145 cm³/mol. The highest BCUT2D eigenvalue weighted by atomic mass is 19.4. The number of imidazole rings is 1. The Hall–Kier alpha value is -3.97. The summed E-state index contributed by atoms with van der Waals surface area (Å²) in [5.74, 6) is 0.268. The first-order valence-corrected chi connectivity index (χ1v) is 13.9. The molecule has 10 nitrogen and oxygen atoms in total. The molecule has 1 aromatic carbocycles. The Labute approximate surface area is 240 Å². The maximum absolute atomic E-state index is 14.0.